The van der Waals surface area contributed by atoms with Gasteiger partial charge in [0.1, 0.15) is 10.7 Å². The molecule has 0 aromatic heterocycles. The molecule has 2 saturated heterocycles. The van der Waals surface area contributed by atoms with Crippen LogP contribution in [0.3, 0.4) is 0 Å². The minimum Gasteiger partial charge on any atom is -0.339 e. The standard InChI is InChI=1S/C19H28FN3O3S/c1-2-16-7-5-6-10-23(16)19(24)15-21-11-13-22(14-12-21)27(25,26)18-9-4-3-8-17(18)20/h3-4,8-9,16H,2,5-7,10-15H2,1H3/t16-/m1/s1. The minimum absolute atomic E-state index is 0.131. The second-order valence-corrected chi connectivity index (χ2v) is 9.16. The molecule has 3 rings (SSSR count). The fraction of sp³-hybridized carbons (Fsp3) is 0.632. The highest BCUT2D eigenvalue weighted by Gasteiger charge is 2.32. The van der Waals surface area contributed by atoms with Crippen molar-refractivity contribution in [1.82, 2.24) is 14.1 Å². The number of benzene rings is 1. The Balaban J connectivity index is 1.57. The van der Waals surface area contributed by atoms with Gasteiger partial charge >= 0.3 is 0 Å². The quantitative estimate of drug-likeness (QED) is 0.762. The number of hydrogen-bond acceptors (Lipinski definition) is 4. The molecule has 6 nitrogen and oxygen atoms in total. The number of amides is 1. The Hall–Kier alpha value is -1.51. The van der Waals surface area contributed by atoms with E-state index in [4.69, 9.17) is 0 Å². The van der Waals surface area contributed by atoms with Crippen molar-refractivity contribution in [2.24, 2.45) is 0 Å². The number of piperazine rings is 1. The first kappa shape index (κ1) is 20.2. The molecule has 2 fully saturated rings. The first-order chi connectivity index (χ1) is 12.9. The molecule has 0 unspecified atom stereocenters. The molecule has 8 heteroatoms. The third-order valence-corrected chi connectivity index (χ3v) is 7.50. The summed E-state index contributed by atoms with van der Waals surface area (Å²) >= 11 is 0. The van der Waals surface area contributed by atoms with Gasteiger partial charge in [0.2, 0.25) is 15.9 Å². The number of halogens is 1. The normalized spacial score (nSPS) is 22.7. The zero-order valence-electron chi connectivity index (χ0n) is 15.8. The molecular formula is C19H28FN3O3S. The van der Waals surface area contributed by atoms with Gasteiger partial charge in [-0.05, 0) is 37.8 Å². The number of carbonyl (C=O) groups excluding carboxylic acids is 1. The fourth-order valence-corrected chi connectivity index (χ4v) is 5.44. The second kappa shape index (κ2) is 8.67. The average Bonchev–Trinajstić information content (AvgIpc) is 2.68. The minimum atomic E-state index is -3.84. The number of rotatable bonds is 5. The lowest BCUT2D eigenvalue weighted by Crippen LogP contribution is -2.53. The number of piperidine rings is 1. The molecule has 2 aliphatic heterocycles. The van der Waals surface area contributed by atoms with Crippen LogP contribution < -0.4 is 0 Å². The summed E-state index contributed by atoms with van der Waals surface area (Å²) in [4.78, 5) is 16.4. The molecule has 27 heavy (non-hydrogen) atoms. The Kier molecular flexibility index (Phi) is 6.49. The van der Waals surface area contributed by atoms with E-state index >= 15 is 0 Å². The highest BCUT2D eigenvalue weighted by atomic mass is 32.2. The van der Waals surface area contributed by atoms with Crippen LogP contribution in [0.5, 0.6) is 0 Å². The van der Waals surface area contributed by atoms with Crippen LogP contribution in [-0.4, -0.2) is 73.7 Å². The van der Waals surface area contributed by atoms with Gasteiger partial charge in [-0.2, -0.15) is 4.31 Å². The predicted octanol–water partition coefficient (Wildman–Crippen LogP) is 1.92. The predicted molar refractivity (Wildman–Crippen MR) is 101 cm³/mol. The van der Waals surface area contributed by atoms with Crippen LogP contribution in [0.2, 0.25) is 0 Å². The van der Waals surface area contributed by atoms with Crippen LogP contribution in [0.4, 0.5) is 4.39 Å². The van der Waals surface area contributed by atoms with E-state index in [0.29, 0.717) is 25.7 Å². The SMILES string of the molecule is CC[C@@H]1CCCCN1C(=O)CN1CCN(S(=O)(=O)c2ccccc2F)CC1. The molecule has 0 bridgehead atoms. The van der Waals surface area contributed by atoms with Gasteiger partial charge in [0.25, 0.3) is 0 Å². The summed E-state index contributed by atoms with van der Waals surface area (Å²) in [6.07, 6.45) is 4.27. The van der Waals surface area contributed by atoms with Gasteiger partial charge in [-0.25, -0.2) is 12.8 Å². The summed E-state index contributed by atoms with van der Waals surface area (Å²) in [5.74, 6) is -0.599. The fourth-order valence-electron chi connectivity index (χ4n) is 3.96. The topological polar surface area (TPSA) is 60.9 Å². The van der Waals surface area contributed by atoms with Gasteiger partial charge in [-0.15, -0.1) is 0 Å². The lowest BCUT2D eigenvalue weighted by molar-refractivity contribution is -0.136. The molecule has 1 amide bonds. The molecule has 0 saturated carbocycles. The van der Waals surface area contributed by atoms with Gasteiger partial charge in [-0.3, -0.25) is 9.69 Å². The maximum absolute atomic E-state index is 13.9. The third-order valence-electron chi connectivity index (χ3n) is 5.56. The van der Waals surface area contributed by atoms with E-state index in [1.807, 2.05) is 9.80 Å². The van der Waals surface area contributed by atoms with Gasteiger partial charge in [-0.1, -0.05) is 19.1 Å². The lowest BCUT2D eigenvalue weighted by Gasteiger charge is -2.38. The molecule has 150 valence electrons. The van der Waals surface area contributed by atoms with E-state index in [2.05, 4.69) is 6.92 Å². The number of carbonyl (C=O) groups is 1. The monoisotopic (exact) mass is 397 g/mol. The molecule has 1 atom stereocenters. The second-order valence-electron chi connectivity index (χ2n) is 7.26. The van der Waals surface area contributed by atoms with Crippen molar-refractivity contribution in [2.75, 3.05) is 39.3 Å². The van der Waals surface area contributed by atoms with Crippen LogP contribution in [0.15, 0.2) is 29.2 Å². The molecular weight excluding hydrogens is 369 g/mol. The molecule has 2 heterocycles. The van der Waals surface area contributed by atoms with E-state index in [0.717, 1.165) is 31.9 Å². The maximum Gasteiger partial charge on any atom is 0.246 e. The number of likely N-dealkylation sites (tertiary alicyclic amines) is 1. The summed E-state index contributed by atoms with van der Waals surface area (Å²) < 4.78 is 40.5. The molecule has 1 aromatic rings. The highest BCUT2D eigenvalue weighted by Crippen LogP contribution is 2.22. The highest BCUT2D eigenvalue weighted by molar-refractivity contribution is 7.89. The van der Waals surface area contributed by atoms with Crippen molar-refractivity contribution < 1.29 is 17.6 Å². The zero-order chi connectivity index (χ0) is 19.4. The van der Waals surface area contributed by atoms with E-state index in [1.165, 1.54) is 28.9 Å². The van der Waals surface area contributed by atoms with Crippen molar-refractivity contribution in [3.8, 4) is 0 Å². The number of nitrogens with zero attached hydrogens (tertiary/aromatic N) is 3. The molecule has 0 N–H and O–H groups in total. The molecule has 1 aromatic carbocycles. The van der Waals surface area contributed by atoms with E-state index in [-0.39, 0.29) is 23.9 Å². The van der Waals surface area contributed by atoms with Crippen LogP contribution in [0.25, 0.3) is 0 Å². The van der Waals surface area contributed by atoms with E-state index in [1.54, 1.807) is 0 Å². The number of hydrogen-bond donors (Lipinski definition) is 0. The van der Waals surface area contributed by atoms with Crippen molar-refractivity contribution in [3.63, 3.8) is 0 Å². The first-order valence-electron chi connectivity index (χ1n) is 9.70. The largest absolute Gasteiger partial charge is 0.339 e. The zero-order valence-corrected chi connectivity index (χ0v) is 16.6. The summed E-state index contributed by atoms with van der Waals surface area (Å²) in [6.45, 7) is 4.74. The summed E-state index contributed by atoms with van der Waals surface area (Å²) in [5.41, 5.74) is 0. The Labute approximate surface area is 161 Å². The Bertz CT molecular complexity index is 763. The summed E-state index contributed by atoms with van der Waals surface area (Å²) in [5, 5.41) is 0. The van der Waals surface area contributed by atoms with Crippen molar-refractivity contribution in [3.05, 3.63) is 30.1 Å². The summed E-state index contributed by atoms with van der Waals surface area (Å²) in [7, 11) is -3.84. The third kappa shape index (κ3) is 4.50. The van der Waals surface area contributed by atoms with E-state index < -0.39 is 15.8 Å². The maximum atomic E-state index is 13.9. The molecule has 0 aliphatic carbocycles. The smallest absolute Gasteiger partial charge is 0.246 e. The van der Waals surface area contributed by atoms with Crippen LogP contribution in [0.1, 0.15) is 32.6 Å². The van der Waals surface area contributed by atoms with Gasteiger partial charge in [0.15, 0.2) is 0 Å². The molecule has 0 radical (unpaired) electrons. The first-order valence-corrected chi connectivity index (χ1v) is 11.1. The Morgan fingerprint density at radius 3 is 2.48 bits per heavy atom. The van der Waals surface area contributed by atoms with Crippen molar-refractivity contribution in [1.29, 1.82) is 0 Å². The van der Waals surface area contributed by atoms with Crippen LogP contribution in [0, 0.1) is 5.82 Å². The summed E-state index contributed by atoms with van der Waals surface area (Å²) in [6, 6.07) is 5.77. The van der Waals surface area contributed by atoms with Gasteiger partial charge in [0, 0.05) is 38.8 Å². The van der Waals surface area contributed by atoms with Gasteiger partial charge in [0.05, 0.1) is 6.54 Å². The van der Waals surface area contributed by atoms with Crippen LogP contribution >= 0.6 is 0 Å². The lowest BCUT2D eigenvalue weighted by atomic mass is 10.00. The Morgan fingerprint density at radius 1 is 1.11 bits per heavy atom. The molecule has 2 aliphatic rings. The van der Waals surface area contributed by atoms with E-state index in [9.17, 15) is 17.6 Å². The number of sulfonamides is 1. The average molecular weight is 398 g/mol. The van der Waals surface area contributed by atoms with Gasteiger partial charge < -0.3 is 4.90 Å². The van der Waals surface area contributed by atoms with Crippen molar-refractivity contribution in [2.45, 2.75) is 43.5 Å². The van der Waals surface area contributed by atoms with Crippen molar-refractivity contribution >= 4 is 15.9 Å². The molecule has 0 spiro atoms. The Morgan fingerprint density at radius 2 is 1.81 bits per heavy atom. The van der Waals surface area contributed by atoms with Crippen LogP contribution in [-0.2, 0) is 14.8 Å².